The zero-order valence-electron chi connectivity index (χ0n) is 11.8. The first-order chi connectivity index (χ1) is 10.1. The van der Waals surface area contributed by atoms with Gasteiger partial charge >= 0.3 is 0 Å². The Morgan fingerprint density at radius 3 is 2.38 bits per heavy atom. The summed E-state index contributed by atoms with van der Waals surface area (Å²) in [7, 11) is 3.19. The summed E-state index contributed by atoms with van der Waals surface area (Å²) in [6.45, 7) is 0. The molecule has 2 aromatic carbocycles. The number of hydrogen-bond acceptors (Lipinski definition) is 3. The van der Waals surface area contributed by atoms with Crippen molar-refractivity contribution >= 4 is 27.8 Å². The van der Waals surface area contributed by atoms with Crippen LogP contribution in [0.3, 0.4) is 0 Å². The minimum Gasteiger partial charge on any atom is -0.497 e. The van der Waals surface area contributed by atoms with E-state index in [1.54, 1.807) is 32.4 Å². The van der Waals surface area contributed by atoms with Crippen LogP contribution in [0.4, 0.5) is 0 Å². The van der Waals surface area contributed by atoms with E-state index in [4.69, 9.17) is 9.47 Å². The first-order valence-corrected chi connectivity index (χ1v) is 7.13. The quantitative estimate of drug-likeness (QED) is 0.595. The van der Waals surface area contributed by atoms with Gasteiger partial charge in [-0.3, -0.25) is 4.79 Å². The maximum absolute atomic E-state index is 12.1. The Balaban J connectivity index is 2.24. The van der Waals surface area contributed by atoms with Crippen LogP contribution >= 0.6 is 15.9 Å². The number of benzene rings is 2. The van der Waals surface area contributed by atoms with Crippen molar-refractivity contribution in [3.63, 3.8) is 0 Å². The van der Waals surface area contributed by atoms with Gasteiger partial charge in [0.05, 0.1) is 14.2 Å². The molecule has 0 aliphatic carbocycles. The van der Waals surface area contributed by atoms with Crippen LogP contribution in [0.25, 0.3) is 6.08 Å². The third-order valence-corrected chi connectivity index (χ3v) is 3.51. The molecule has 0 unspecified atom stereocenters. The van der Waals surface area contributed by atoms with Gasteiger partial charge in [-0.1, -0.05) is 15.9 Å². The van der Waals surface area contributed by atoms with Gasteiger partial charge in [0, 0.05) is 15.6 Å². The summed E-state index contributed by atoms with van der Waals surface area (Å²) in [5.41, 5.74) is 1.43. The Labute approximate surface area is 132 Å². The van der Waals surface area contributed by atoms with Crippen molar-refractivity contribution in [3.05, 3.63) is 64.1 Å². The molecule has 0 heterocycles. The van der Waals surface area contributed by atoms with Gasteiger partial charge in [-0.2, -0.15) is 0 Å². The van der Waals surface area contributed by atoms with E-state index in [9.17, 15) is 4.79 Å². The summed E-state index contributed by atoms with van der Waals surface area (Å²) in [5.74, 6) is 1.34. The van der Waals surface area contributed by atoms with Crippen LogP contribution in [0.15, 0.2) is 53.0 Å². The van der Waals surface area contributed by atoms with E-state index in [-0.39, 0.29) is 5.78 Å². The number of ketones is 1. The van der Waals surface area contributed by atoms with Crippen molar-refractivity contribution in [3.8, 4) is 11.5 Å². The van der Waals surface area contributed by atoms with Gasteiger partial charge in [0.1, 0.15) is 11.5 Å². The maximum Gasteiger partial charge on any atom is 0.185 e. The summed E-state index contributed by atoms with van der Waals surface area (Å²) in [4.78, 5) is 12.1. The van der Waals surface area contributed by atoms with Gasteiger partial charge in [0.25, 0.3) is 0 Å². The molecule has 0 saturated carbocycles. The third-order valence-electron chi connectivity index (χ3n) is 2.98. The number of methoxy groups -OCH3 is 2. The lowest BCUT2D eigenvalue weighted by Gasteiger charge is -2.07. The fraction of sp³-hybridized carbons (Fsp3) is 0.118. The number of hydrogen-bond donors (Lipinski definition) is 0. The molecule has 21 heavy (non-hydrogen) atoms. The third kappa shape index (κ3) is 3.95. The van der Waals surface area contributed by atoms with E-state index in [0.717, 1.165) is 10.0 Å². The number of carbonyl (C=O) groups excluding carboxylic acids is 1. The predicted molar refractivity (Wildman–Crippen MR) is 87.1 cm³/mol. The molecule has 0 aliphatic heterocycles. The molecule has 0 N–H and O–H groups in total. The van der Waals surface area contributed by atoms with Gasteiger partial charge < -0.3 is 9.47 Å². The molecule has 0 radical (unpaired) electrons. The second-order valence-electron chi connectivity index (χ2n) is 4.31. The molecule has 0 aromatic heterocycles. The number of allylic oxidation sites excluding steroid dienone is 1. The Bertz CT molecular complexity index is 660. The lowest BCUT2D eigenvalue weighted by molar-refractivity contribution is 0.104. The molecule has 2 rings (SSSR count). The van der Waals surface area contributed by atoms with E-state index >= 15 is 0 Å². The molecule has 0 atom stereocenters. The van der Waals surface area contributed by atoms with Crippen molar-refractivity contribution in [1.29, 1.82) is 0 Å². The zero-order chi connectivity index (χ0) is 15.2. The van der Waals surface area contributed by atoms with Crippen LogP contribution in [-0.4, -0.2) is 20.0 Å². The van der Waals surface area contributed by atoms with E-state index in [0.29, 0.717) is 17.1 Å². The van der Waals surface area contributed by atoms with Gasteiger partial charge in [-0.05, 0) is 54.6 Å². The molecule has 0 bridgehead atoms. The molecule has 108 valence electrons. The van der Waals surface area contributed by atoms with E-state index in [1.807, 2.05) is 30.3 Å². The van der Waals surface area contributed by atoms with Crippen molar-refractivity contribution < 1.29 is 14.3 Å². The van der Waals surface area contributed by atoms with Crippen molar-refractivity contribution in [2.75, 3.05) is 14.2 Å². The summed E-state index contributed by atoms with van der Waals surface area (Å²) in [6.07, 6.45) is 3.26. The summed E-state index contributed by atoms with van der Waals surface area (Å²) in [5, 5.41) is 0. The van der Waals surface area contributed by atoms with Crippen LogP contribution in [0.5, 0.6) is 11.5 Å². The molecule has 4 heteroatoms. The number of ether oxygens (including phenoxy) is 2. The van der Waals surface area contributed by atoms with Crippen LogP contribution in [-0.2, 0) is 0 Å². The lowest BCUT2D eigenvalue weighted by atomic mass is 10.1. The summed E-state index contributed by atoms with van der Waals surface area (Å²) in [6, 6.07) is 12.7. The van der Waals surface area contributed by atoms with Crippen molar-refractivity contribution in [2.24, 2.45) is 0 Å². The second-order valence-corrected chi connectivity index (χ2v) is 5.23. The molecule has 0 fully saturated rings. The predicted octanol–water partition coefficient (Wildman–Crippen LogP) is 4.36. The number of halogens is 1. The SMILES string of the molecule is COc1ccc(OC)c(/C=C/C(=O)c2ccc(Br)cc2)c1. The monoisotopic (exact) mass is 346 g/mol. The largest absolute Gasteiger partial charge is 0.497 e. The smallest absolute Gasteiger partial charge is 0.185 e. The van der Waals surface area contributed by atoms with Crippen LogP contribution in [0, 0.1) is 0 Å². The summed E-state index contributed by atoms with van der Waals surface area (Å²) < 4.78 is 11.4. The zero-order valence-corrected chi connectivity index (χ0v) is 13.4. The van der Waals surface area contributed by atoms with Gasteiger partial charge in [0.2, 0.25) is 0 Å². The van der Waals surface area contributed by atoms with Crippen LogP contribution < -0.4 is 9.47 Å². The molecule has 0 aliphatic rings. The molecule has 0 amide bonds. The molecule has 2 aromatic rings. The lowest BCUT2D eigenvalue weighted by Crippen LogP contribution is -1.94. The highest BCUT2D eigenvalue weighted by molar-refractivity contribution is 9.10. The normalized spacial score (nSPS) is 10.6. The van der Waals surface area contributed by atoms with E-state index < -0.39 is 0 Å². The average Bonchev–Trinajstić information content (AvgIpc) is 2.52. The van der Waals surface area contributed by atoms with Crippen LogP contribution in [0.2, 0.25) is 0 Å². The topological polar surface area (TPSA) is 35.5 Å². The fourth-order valence-electron chi connectivity index (χ4n) is 1.85. The Morgan fingerprint density at radius 1 is 1.05 bits per heavy atom. The highest BCUT2D eigenvalue weighted by atomic mass is 79.9. The van der Waals surface area contributed by atoms with Gasteiger partial charge in [0.15, 0.2) is 5.78 Å². The Kier molecular flexibility index (Phi) is 5.17. The molecular formula is C17H15BrO3. The highest BCUT2D eigenvalue weighted by Gasteiger charge is 2.04. The second kappa shape index (κ2) is 7.09. The van der Waals surface area contributed by atoms with Crippen LogP contribution in [0.1, 0.15) is 15.9 Å². The number of rotatable bonds is 5. The molecule has 0 saturated heterocycles. The van der Waals surface area contributed by atoms with Crippen molar-refractivity contribution in [2.45, 2.75) is 0 Å². The minimum atomic E-state index is -0.0626. The van der Waals surface area contributed by atoms with E-state index in [2.05, 4.69) is 15.9 Å². The average molecular weight is 347 g/mol. The first kappa shape index (κ1) is 15.3. The van der Waals surface area contributed by atoms with Crippen molar-refractivity contribution in [1.82, 2.24) is 0 Å². The van der Waals surface area contributed by atoms with Gasteiger partial charge in [-0.25, -0.2) is 0 Å². The Hall–Kier alpha value is -2.07. The van der Waals surface area contributed by atoms with E-state index in [1.165, 1.54) is 6.08 Å². The highest BCUT2D eigenvalue weighted by Crippen LogP contribution is 2.25. The fourth-order valence-corrected chi connectivity index (χ4v) is 2.11. The summed E-state index contributed by atoms with van der Waals surface area (Å²) >= 11 is 3.35. The first-order valence-electron chi connectivity index (χ1n) is 6.34. The standard InChI is InChI=1S/C17H15BrO3/c1-20-15-8-10-17(21-2)13(11-15)5-9-16(19)12-3-6-14(18)7-4-12/h3-11H,1-2H3/b9-5+. The Morgan fingerprint density at radius 2 is 1.76 bits per heavy atom. The molecule has 0 spiro atoms. The number of carbonyl (C=O) groups is 1. The molecule has 3 nitrogen and oxygen atoms in total. The molecular weight excluding hydrogens is 332 g/mol. The minimum absolute atomic E-state index is 0.0626. The maximum atomic E-state index is 12.1. The van der Waals surface area contributed by atoms with Gasteiger partial charge in [-0.15, -0.1) is 0 Å².